The summed E-state index contributed by atoms with van der Waals surface area (Å²) in [6.45, 7) is 0. The lowest BCUT2D eigenvalue weighted by molar-refractivity contribution is -0.384. The maximum atomic E-state index is 13.1. The molecule has 2 aromatic carbocycles. The smallest absolute Gasteiger partial charge is 0.270 e. The standard InChI is InChI=1S/C13H10BrFN2O2S/c14-11-6-10(17(18)19)3-1-8(11)7-20-13-5-9(15)2-4-12(13)16/h1-6H,7,16H2. The van der Waals surface area contributed by atoms with E-state index in [0.29, 0.717) is 20.8 Å². The summed E-state index contributed by atoms with van der Waals surface area (Å²) < 4.78 is 13.8. The molecule has 0 saturated heterocycles. The van der Waals surface area contributed by atoms with Crippen LogP contribution in [-0.2, 0) is 5.75 Å². The molecule has 0 atom stereocenters. The van der Waals surface area contributed by atoms with Crippen LogP contribution in [0.15, 0.2) is 45.8 Å². The van der Waals surface area contributed by atoms with Crippen molar-refractivity contribution in [3.8, 4) is 0 Å². The third-order valence-electron chi connectivity index (χ3n) is 2.61. The van der Waals surface area contributed by atoms with Gasteiger partial charge in [0.05, 0.1) is 4.92 Å². The van der Waals surface area contributed by atoms with Crippen LogP contribution in [0.2, 0.25) is 0 Å². The van der Waals surface area contributed by atoms with E-state index in [1.54, 1.807) is 6.07 Å². The number of hydrogen-bond donors (Lipinski definition) is 1. The van der Waals surface area contributed by atoms with Crippen molar-refractivity contribution in [2.24, 2.45) is 0 Å². The van der Waals surface area contributed by atoms with E-state index in [1.807, 2.05) is 0 Å². The minimum absolute atomic E-state index is 0.0240. The van der Waals surface area contributed by atoms with E-state index < -0.39 is 4.92 Å². The summed E-state index contributed by atoms with van der Waals surface area (Å²) in [4.78, 5) is 10.8. The van der Waals surface area contributed by atoms with Crippen molar-refractivity contribution >= 4 is 39.1 Å². The zero-order valence-corrected chi connectivity index (χ0v) is 12.6. The number of hydrogen-bond acceptors (Lipinski definition) is 4. The van der Waals surface area contributed by atoms with Crippen molar-refractivity contribution in [3.05, 3.63) is 62.4 Å². The molecule has 2 aromatic rings. The van der Waals surface area contributed by atoms with Crippen LogP contribution < -0.4 is 5.73 Å². The van der Waals surface area contributed by atoms with Gasteiger partial charge in [-0.05, 0) is 23.8 Å². The number of nitro groups is 1. The molecule has 0 bridgehead atoms. The minimum atomic E-state index is -0.452. The zero-order chi connectivity index (χ0) is 14.7. The van der Waals surface area contributed by atoms with E-state index >= 15 is 0 Å². The Kier molecular flexibility index (Phi) is 4.61. The Morgan fingerprint density at radius 1 is 1.30 bits per heavy atom. The van der Waals surface area contributed by atoms with E-state index in [-0.39, 0.29) is 11.5 Å². The van der Waals surface area contributed by atoms with Crippen molar-refractivity contribution in [1.29, 1.82) is 0 Å². The second kappa shape index (κ2) is 6.23. The molecule has 104 valence electrons. The van der Waals surface area contributed by atoms with Crippen LogP contribution >= 0.6 is 27.7 Å². The highest BCUT2D eigenvalue weighted by atomic mass is 79.9. The van der Waals surface area contributed by atoms with Crippen LogP contribution in [0, 0.1) is 15.9 Å². The molecule has 7 heteroatoms. The van der Waals surface area contributed by atoms with Gasteiger partial charge in [-0.25, -0.2) is 4.39 Å². The van der Waals surface area contributed by atoms with Gasteiger partial charge in [0.25, 0.3) is 5.69 Å². The SMILES string of the molecule is Nc1ccc(F)cc1SCc1ccc([N+](=O)[O-])cc1Br. The van der Waals surface area contributed by atoms with Gasteiger partial charge in [0.2, 0.25) is 0 Å². The maximum Gasteiger partial charge on any atom is 0.270 e. The van der Waals surface area contributed by atoms with Crippen LogP contribution in [0.5, 0.6) is 0 Å². The molecule has 0 heterocycles. The molecular formula is C13H10BrFN2O2S. The second-order valence-electron chi connectivity index (χ2n) is 4.00. The highest BCUT2D eigenvalue weighted by Gasteiger charge is 2.10. The van der Waals surface area contributed by atoms with Crippen LogP contribution in [0.25, 0.3) is 0 Å². The number of halogens is 2. The zero-order valence-electron chi connectivity index (χ0n) is 10.2. The number of rotatable bonds is 4. The van der Waals surface area contributed by atoms with Crippen molar-refractivity contribution in [2.45, 2.75) is 10.6 Å². The number of nitrogens with zero attached hydrogens (tertiary/aromatic N) is 1. The molecule has 2 rings (SSSR count). The predicted molar refractivity (Wildman–Crippen MR) is 81.2 cm³/mol. The van der Waals surface area contributed by atoms with Crippen LogP contribution in [-0.4, -0.2) is 4.92 Å². The Morgan fingerprint density at radius 2 is 2.05 bits per heavy atom. The Labute approximate surface area is 127 Å². The monoisotopic (exact) mass is 356 g/mol. The molecule has 0 aliphatic rings. The molecule has 0 aliphatic heterocycles. The van der Waals surface area contributed by atoms with Gasteiger partial charge in [0.1, 0.15) is 5.82 Å². The maximum absolute atomic E-state index is 13.1. The van der Waals surface area contributed by atoms with Crippen LogP contribution in [0.1, 0.15) is 5.56 Å². The number of nitrogen functional groups attached to an aromatic ring is 1. The van der Waals surface area contributed by atoms with Crippen molar-refractivity contribution < 1.29 is 9.31 Å². The number of anilines is 1. The van der Waals surface area contributed by atoms with Gasteiger partial charge in [-0.1, -0.05) is 22.0 Å². The lowest BCUT2D eigenvalue weighted by Crippen LogP contribution is -1.92. The normalized spacial score (nSPS) is 10.5. The first-order chi connectivity index (χ1) is 9.47. The number of nitro benzene ring substituents is 1. The Balaban J connectivity index is 2.15. The summed E-state index contributed by atoms with van der Waals surface area (Å²) in [7, 11) is 0. The molecule has 0 aliphatic carbocycles. The van der Waals surface area contributed by atoms with E-state index in [1.165, 1.54) is 42.1 Å². The molecule has 0 saturated carbocycles. The van der Waals surface area contributed by atoms with E-state index in [4.69, 9.17) is 5.73 Å². The summed E-state index contributed by atoms with van der Waals surface area (Å²) >= 11 is 4.68. The van der Waals surface area contributed by atoms with Gasteiger partial charge in [-0.2, -0.15) is 0 Å². The highest BCUT2D eigenvalue weighted by molar-refractivity contribution is 9.10. The summed E-state index contributed by atoms with van der Waals surface area (Å²) in [5.74, 6) is 0.191. The second-order valence-corrected chi connectivity index (χ2v) is 5.88. The average molecular weight is 357 g/mol. The fraction of sp³-hybridized carbons (Fsp3) is 0.0769. The molecule has 20 heavy (non-hydrogen) atoms. The first-order valence-electron chi connectivity index (χ1n) is 5.58. The van der Waals surface area contributed by atoms with Gasteiger partial charge in [-0.15, -0.1) is 11.8 Å². The quantitative estimate of drug-likeness (QED) is 0.382. The molecule has 4 nitrogen and oxygen atoms in total. The number of nitrogens with two attached hydrogens (primary N) is 1. The van der Waals surface area contributed by atoms with Crippen LogP contribution in [0.4, 0.5) is 15.8 Å². The van der Waals surface area contributed by atoms with Gasteiger partial charge in [0.15, 0.2) is 0 Å². The third-order valence-corrected chi connectivity index (χ3v) is 4.46. The molecular weight excluding hydrogens is 347 g/mol. The van der Waals surface area contributed by atoms with Crippen LogP contribution in [0.3, 0.4) is 0 Å². The topological polar surface area (TPSA) is 69.2 Å². The molecule has 0 spiro atoms. The van der Waals surface area contributed by atoms with Crippen molar-refractivity contribution in [3.63, 3.8) is 0 Å². The molecule has 0 radical (unpaired) electrons. The number of benzene rings is 2. The van der Waals surface area contributed by atoms with E-state index in [0.717, 1.165) is 5.56 Å². The first-order valence-corrected chi connectivity index (χ1v) is 7.36. The third kappa shape index (κ3) is 3.49. The number of thioether (sulfide) groups is 1. The lowest BCUT2D eigenvalue weighted by atomic mass is 10.2. The van der Waals surface area contributed by atoms with Crippen molar-refractivity contribution in [2.75, 3.05) is 5.73 Å². The fourth-order valence-corrected chi connectivity index (χ4v) is 3.24. The van der Waals surface area contributed by atoms with Crippen molar-refractivity contribution in [1.82, 2.24) is 0 Å². The first kappa shape index (κ1) is 14.8. The summed E-state index contributed by atoms with van der Waals surface area (Å²) in [6, 6.07) is 8.76. The molecule has 0 aromatic heterocycles. The van der Waals surface area contributed by atoms with E-state index in [2.05, 4.69) is 15.9 Å². The molecule has 0 fully saturated rings. The average Bonchev–Trinajstić information content (AvgIpc) is 2.40. The fourth-order valence-electron chi connectivity index (χ4n) is 1.56. The number of non-ortho nitro benzene ring substituents is 1. The Bertz CT molecular complexity index is 667. The molecule has 0 unspecified atom stereocenters. The lowest BCUT2D eigenvalue weighted by Gasteiger charge is -2.07. The van der Waals surface area contributed by atoms with Gasteiger partial charge >= 0.3 is 0 Å². The van der Waals surface area contributed by atoms with Gasteiger partial charge < -0.3 is 5.73 Å². The summed E-state index contributed by atoms with van der Waals surface area (Å²) in [6.07, 6.45) is 0. The molecule has 0 amide bonds. The largest absolute Gasteiger partial charge is 0.398 e. The van der Waals surface area contributed by atoms with Gasteiger partial charge in [0, 0.05) is 32.9 Å². The van der Waals surface area contributed by atoms with E-state index in [9.17, 15) is 14.5 Å². The van der Waals surface area contributed by atoms with Gasteiger partial charge in [-0.3, -0.25) is 10.1 Å². The molecule has 2 N–H and O–H groups in total. The summed E-state index contributed by atoms with van der Waals surface area (Å²) in [5, 5.41) is 10.6. The minimum Gasteiger partial charge on any atom is -0.398 e. The Morgan fingerprint density at radius 3 is 2.70 bits per heavy atom. The Hall–Kier alpha value is -1.60. The highest BCUT2D eigenvalue weighted by Crippen LogP contribution is 2.32. The predicted octanol–water partition coefficient (Wildman–Crippen LogP) is 4.37. The summed E-state index contributed by atoms with van der Waals surface area (Å²) in [5.41, 5.74) is 7.18.